The van der Waals surface area contributed by atoms with Crippen LogP contribution in [0.5, 0.6) is 0 Å². The summed E-state index contributed by atoms with van der Waals surface area (Å²) in [5.74, 6) is 0.852. The van der Waals surface area contributed by atoms with E-state index in [2.05, 4.69) is 66.9 Å². The van der Waals surface area contributed by atoms with Gasteiger partial charge in [0.15, 0.2) is 5.96 Å². The van der Waals surface area contributed by atoms with Crippen LogP contribution in [0.1, 0.15) is 35.2 Å². The molecule has 146 valence electrons. The van der Waals surface area contributed by atoms with Gasteiger partial charge in [-0.2, -0.15) is 5.10 Å². The summed E-state index contributed by atoms with van der Waals surface area (Å²) in [7, 11) is 6.11. The molecule has 2 aromatic rings. The molecule has 0 spiro atoms. The fourth-order valence-corrected chi connectivity index (χ4v) is 3.48. The minimum atomic E-state index is 0. The van der Waals surface area contributed by atoms with Crippen molar-refractivity contribution in [3.05, 3.63) is 39.8 Å². The molecule has 0 fully saturated rings. The van der Waals surface area contributed by atoms with Gasteiger partial charge >= 0.3 is 0 Å². The maximum Gasteiger partial charge on any atom is 0.191 e. The van der Waals surface area contributed by atoms with E-state index in [0.29, 0.717) is 6.54 Å². The Labute approximate surface area is 178 Å². The molecule has 0 aromatic carbocycles. The van der Waals surface area contributed by atoms with Crippen LogP contribution in [0.3, 0.4) is 0 Å². The van der Waals surface area contributed by atoms with Crippen molar-refractivity contribution in [3.8, 4) is 0 Å². The largest absolute Gasteiger partial charge is 0.357 e. The Morgan fingerprint density at radius 2 is 2.00 bits per heavy atom. The number of aryl methyl sites for hydroxylation is 2. The van der Waals surface area contributed by atoms with E-state index in [-0.39, 0.29) is 30.0 Å². The van der Waals surface area contributed by atoms with Gasteiger partial charge in [-0.3, -0.25) is 4.68 Å². The molecule has 6 nitrogen and oxygen atoms in total. The van der Waals surface area contributed by atoms with Crippen LogP contribution in [-0.2, 0) is 20.0 Å². The van der Waals surface area contributed by atoms with Crippen LogP contribution in [0.2, 0.25) is 0 Å². The van der Waals surface area contributed by atoms with E-state index in [4.69, 9.17) is 4.99 Å². The fourth-order valence-electron chi connectivity index (χ4n) is 2.60. The van der Waals surface area contributed by atoms with Crippen LogP contribution in [-0.4, -0.2) is 47.8 Å². The molecule has 0 radical (unpaired) electrons. The summed E-state index contributed by atoms with van der Waals surface area (Å²) in [6.45, 7) is 6.59. The van der Waals surface area contributed by atoms with Crippen LogP contribution < -0.4 is 10.6 Å². The third-order valence-corrected chi connectivity index (χ3v) is 5.21. The SMILES string of the molecule is CCNC(=NCc1ccc(CC)s1)NCC(c1cnn(C)c1)N(C)C.I. The Bertz CT molecular complexity index is 679. The summed E-state index contributed by atoms with van der Waals surface area (Å²) >= 11 is 1.84. The molecule has 0 bridgehead atoms. The number of nitrogens with one attached hydrogen (secondary N) is 2. The Morgan fingerprint density at radius 3 is 2.54 bits per heavy atom. The third kappa shape index (κ3) is 6.88. The molecule has 1 unspecified atom stereocenters. The van der Waals surface area contributed by atoms with Crippen molar-refractivity contribution in [3.63, 3.8) is 0 Å². The van der Waals surface area contributed by atoms with Crippen molar-refractivity contribution in [2.24, 2.45) is 12.0 Å². The van der Waals surface area contributed by atoms with Gasteiger partial charge in [0.2, 0.25) is 0 Å². The van der Waals surface area contributed by atoms with Gasteiger partial charge in [-0.1, -0.05) is 6.92 Å². The number of nitrogens with zero attached hydrogens (tertiary/aromatic N) is 4. The molecular formula is C18H31IN6S. The summed E-state index contributed by atoms with van der Waals surface area (Å²) in [4.78, 5) is 9.63. The van der Waals surface area contributed by atoms with Gasteiger partial charge in [-0.15, -0.1) is 35.3 Å². The van der Waals surface area contributed by atoms with Crippen molar-refractivity contribution in [2.75, 3.05) is 27.2 Å². The zero-order chi connectivity index (χ0) is 18.2. The van der Waals surface area contributed by atoms with Crippen LogP contribution in [0, 0.1) is 0 Å². The molecule has 8 heteroatoms. The first-order valence-corrected chi connectivity index (χ1v) is 9.59. The van der Waals surface area contributed by atoms with Gasteiger partial charge in [0.1, 0.15) is 0 Å². The standard InChI is InChI=1S/C18H30N6S.HI/c1-6-15-8-9-16(25-15)11-20-18(19-7-2)21-12-17(23(3)4)14-10-22-24(5)13-14;/h8-10,13,17H,6-7,11-12H2,1-5H3,(H2,19,20,21);1H. The van der Waals surface area contributed by atoms with Gasteiger partial charge < -0.3 is 15.5 Å². The lowest BCUT2D eigenvalue weighted by Gasteiger charge is -2.24. The summed E-state index contributed by atoms with van der Waals surface area (Å²) in [5.41, 5.74) is 1.20. The number of hydrogen-bond acceptors (Lipinski definition) is 4. The highest BCUT2D eigenvalue weighted by atomic mass is 127. The van der Waals surface area contributed by atoms with Crippen molar-refractivity contribution in [1.29, 1.82) is 0 Å². The first kappa shape index (κ1) is 22.9. The zero-order valence-electron chi connectivity index (χ0n) is 16.3. The minimum Gasteiger partial charge on any atom is -0.357 e. The summed E-state index contributed by atoms with van der Waals surface area (Å²) in [5, 5.41) is 11.1. The van der Waals surface area contributed by atoms with E-state index < -0.39 is 0 Å². The predicted molar refractivity (Wildman–Crippen MR) is 122 cm³/mol. The van der Waals surface area contributed by atoms with E-state index in [1.54, 1.807) is 0 Å². The molecule has 0 aliphatic rings. The molecule has 2 heterocycles. The van der Waals surface area contributed by atoms with Gasteiger partial charge in [0, 0.05) is 41.7 Å². The Kier molecular flexibility index (Phi) is 10.2. The molecule has 2 aromatic heterocycles. The smallest absolute Gasteiger partial charge is 0.191 e. The number of aromatic nitrogens is 2. The van der Waals surface area contributed by atoms with E-state index >= 15 is 0 Å². The van der Waals surface area contributed by atoms with Crippen molar-refractivity contribution < 1.29 is 0 Å². The van der Waals surface area contributed by atoms with Gasteiger partial charge in [-0.05, 0) is 39.6 Å². The first-order chi connectivity index (χ1) is 12.0. The van der Waals surface area contributed by atoms with Gasteiger partial charge in [-0.25, -0.2) is 4.99 Å². The number of likely N-dealkylation sites (N-methyl/N-ethyl adjacent to an activating group) is 1. The van der Waals surface area contributed by atoms with E-state index in [1.165, 1.54) is 15.3 Å². The first-order valence-electron chi connectivity index (χ1n) is 8.78. The molecule has 2 N–H and O–H groups in total. The number of rotatable bonds is 8. The lowest BCUT2D eigenvalue weighted by Crippen LogP contribution is -2.41. The summed E-state index contributed by atoms with van der Waals surface area (Å²) in [6.07, 6.45) is 5.07. The fraction of sp³-hybridized carbons (Fsp3) is 0.556. The van der Waals surface area contributed by atoms with Crippen molar-refractivity contribution in [1.82, 2.24) is 25.3 Å². The molecule has 0 aliphatic heterocycles. The van der Waals surface area contributed by atoms with Crippen molar-refractivity contribution in [2.45, 2.75) is 32.9 Å². The maximum atomic E-state index is 4.73. The highest BCUT2D eigenvalue weighted by molar-refractivity contribution is 14.0. The van der Waals surface area contributed by atoms with Crippen molar-refractivity contribution >= 4 is 41.3 Å². The Hall–Kier alpha value is -1.13. The molecule has 26 heavy (non-hydrogen) atoms. The molecule has 0 saturated heterocycles. The van der Waals surface area contributed by atoms with Crippen LogP contribution in [0.4, 0.5) is 0 Å². The normalized spacial score (nSPS) is 12.8. The summed E-state index contributed by atoms with van der Waals surface area (Å²) < 4.78 is 1.84. The molecule has 2 rings (SSSR count). The van der Waals surface area contributed by atoms with E-state index in [1.807, 2.05) is 29.3 Å². The summed E-state index contributed by atoms with van der Waals surface area (Å²) in [6, 6.07) is 4.61. The second-order valence-electron chi connectivity index (χ2n) is 6.22. The van der Waals surface area contributed by atoms with Crippen LogP contribution >= 0.6 is 35.3 Å². The average Bonchev–Trinajstić information content (AvgIpc) is 3.21. The zero-order valence-corrected chi connectivity index (χ0v) is 19.5. The molecule has 0 amide bonds. The average molecular weight is 490 g/mol. The monoisotopic (exact) mass is 490 g/mol. The quantitative estimate of drug-likeness (QED) is 0.340. The highest BCUT2D eigenvalue weighted by Gasteiger charge is 2.16. The van der Waals surface area contributed by atoms with Gasteiger partial charge in [0.05, 0.1) is 18.8 Å². The number of guanidine groups is 1. The van der Waals surface area contributed by atoms with E-state index in [0.717, 1.165) is 25.5 Å². The maximum absolute atomic E-state index is 4.73. The lowest BCUT2D eigenvalue weighted by molar-refractivity contribution is 0.298. The van der Waals surface area contributed by atoms with Gasteiger partial charge in [0.25, 0.3) is 0 Å². The Morgan fingerprint density at radius 1 is 1.27 bits per heavy atom. The number of aliphatic imine (C=N–C) groups is 1. The minimum absolute atomic E-state index is 0. The third-order valence-electron chi connectivity index (χ3n) is 4.00. The number of thiophene rings is 1. The number of hydrogen-bond donors (Lipinski definition) is 2. The molecule has 0 saturated carbocycles. The van der Waals surface area contributed by atoms with Crippen LogP contribution in [0.15, 0.2) is 29.5 Å². The van der Waals surface area contributed by atoms with E-state index in [9.17, 15) is 0 Å². The second kappa shape index (κ2) is 11.6. The molecule has 1 atom stereocenters. The highest BCUT2D eigenvalue weighted by Crippen LogP contribution is 2.18. The Balaban J connectivity index is 0.00000338. The topological polar surface area (TPSA) is 57.5 Å². The predicted octanol–water partition coefficient (Wildman–Crippen LogP) is 3.02. The molecular weight excluding hydrogens is 459 g/mol. The molecule has 0 aliphatic carbocycles. The number of halogens is 1. The van der Waals surface area contributed by atoms with Crippen LogP contribution in [0.25, 0.3) is 0 Å². The lowest BCUT2D eigenvalue weighted by atomic mass is 10.1. The second-order valence-corrected chi connectivity index (χ2v) is 7.48.